The van der Waals surface area contributed by atoms with Crippen molar-refractivity contribution < 1.29 is 4.79 Å². The zero-order valence-electron chi connectivity index (χ0n) is 10.9. The molecule has 0 aliphatic carbocycles. The van der Waals surface area contributed by atoms with E-state index >= 15 is 0 Å². The number of benzene rings is 1. The molecule has 2 aromatic heterocycles. The Balaban J connectivity index is 1.97. The van der Waals surface area contributed by atoms with Gasteiger partial charge in [-0.15, -0.1) is 11.3 Å². The summed E-state index contributed by atoms with van der Waals surface area (Å²) in [5, 5.41) is 0. The van der Waals surface area contributed by atoms with Crippen LogP contribution in [0, 0.1) is 13.8 Å². The first-order valence-corrected chi connectivity index (χ1v) is 6.98. The van der Waals surface area contributed by atoms with Crippen LogP contribution in [0.5, 0.6) is 0 Å². The number of rotatable bonds is 3. The normalized spacial score (nSPS) is 11.1. The highest BCUT2D eigenvalue weighted by Crippen LogP contribution is 2.19. The maximum absolute atomic E-state index is 12.3. The molecule has 0 amide bonds. The number of thiophene rings is 1. The molecule has 1 aromatic carbocycles. The van der Waals surface area contributed by atoms with Crippen molar-refractivity contribution in [3.63, 3.8) is 0 Å². The lowest BCUT2D eigenvalue weighted by molar-refractivity contribution is 0.0976. The van der Waals surface area contributed by atoms with Gasteiger partial charge in [0.2, 0.25) is 0 Å². The van der Waals surface area contributed by atoms with Crippen molar-refractivity contribution in [3.05, 3.63) is 52.0 Å². The summed E-state index contributed by atoms with van der Waals surface area (Å²) in [6.45, 7) is 4.30. The molecule has 3 rings (SSSR count). The summed E-state index contributed by atoms with van der Waals surface area (Å²) in [5.74, 6) is 1.02. The topological polar surface area (TPSA) is 34.9 Å². The number of para-hydroxylation sites is 2. The minimum Gasteiger partial charge on any atom is -0.320 e. The van der Waals surface area contributed by atoms with Crippen LogP contribution in [0.2, 0.25) is 0 Å². The van der Waals surface area contributed by atoms with Crippen molar-refractivity contribution in [2.45, 2.75) is 20.4 Å². The third kappa shape index (κ3) is 2.19. The predicted molar refractivity (Wildman–Crippen MR) is 77.9 cm³/mol. The molecule has 0 aliphatic rings. The molecule has 19 heavy (non-hydrogen) atoms. The zero-order chi connectivity index (χ0) is 13.4. The number of hydrogen-bond donors (Lipinski definition) is 0. The second-order valence-corrected chi connectivity index (χ2v) is 5.86. The van der Waals surface area contributed by atoms with Gasteiger partial charge in [-0.25, -0.2) is 4.98 Å². The van der Waals surface area contributed by atoms with E-state index in [1.807, 2.05) is 54.8 Å². The second-order valence-electron chi connectivity index (χ2n) is 4.57. The van der Waals surface area contributed by atoms with E-state index in [0.29, 0.717) is 6.54 Å². The third-order valence-electron chi connectivity index (χ3n) is 3.16. The van der Waals surface area contributed by atoms with Crippen molar-refractivity contribution in [1.29, 1.82) is 0 Å². The molecule has 2 heterocycles. The molecule has 0 spiro atoms. The number of Topliss-reactive ketones (excluding diaryl/α,β-unsaturated/α-hetero) is 1. The number of ketones is 1. The number of carbonyl (C=O) groups excluding carboxylic acids is 1. The van der Waals surface area contributed by atoms with Crippen LogP contribution in [-0.2, 0) is 6.54 Å². The van der Waals surface area contributed by atoms with E-state index in [1.54, 1.807) is 11.3 Å². The van der Waals surface area contributed by atoms with Gasteiger partial charge in [0.15, 0.2) is 5.78 Å². The fourth-order valence-electron chi connectivity index (χ4n) is 2.20. The number of fused-ring (bicyclic) bond motifs is 1. The van der Waals surface area contributed by atoms with Gasteiger partial charge in [-0.1, -0.05) is 12.1 Å². The highest BCUT2D eigenvalue weighted by Gasteiger charge is 2.13. The molecule has 0 radical (unpaired) electrons. The molecule has 4 heteroatoms. The van der Waals surface area contributed by atoms with Crippen LogP contribution in [0.3, 0.4) is 0 Å². The first-order chi connectivity index (χ1) is 9.15. The van der Waals surface area contributed by atoms with E-state index in [2.05, 4.69) is 4.98 Å². The van der Waals surface area contributed by atoms with Gasteiger partial charge in [-0.05, 0) is 38.1 Å². The standard InChI is InChI=1S/C15H14N2OS/c1-10-7-8-15(19-10)14(18)9-17-11(2)16-12-5-3-4-6-13(12)17/h3-8H,9H2,1-2H3. The molecule has 0 unspecified atom stereocenters. The number of aromatic nitrogens is 2. The fraction of sp³-hybridized carbons (Fsp3) is 0.200. The Morgan fingerprint density at radius 1 is 1.21 bits per heavy atom. The first kappa shape index (κ1) is 12.1. The second kappa shape index (κ2) is 4.63. The lowest BCUT2D eigenvalue weighted by atomic mass is 10.3. The summed E-state index contributed by atoms with van der Waals surface area (Å²) in [7, 11) is 0. The number of imidazole rings is 1. The molecule has 0 aliphatic heterocycles. The zero-order valence-corrected chi connectivity index (χ0v) is 11.7. The average Bonchev–Trinajstić information content (AvgIpc) is 2.95. The molecule has 0 saturated heterocycles. The van der Waals surface area contributed by atoms with Crippen molar-refractivity contribution >= 4 is 28.2 Å². The molecule has 0 fully saturated rings. The van der Waals surface area contributed by atoms with Crippen LogP contribution in [0.15, 0.2) is 36.4 Å². The van der Waals surface area contributed by atoms with E-state index in [4.69, 9.17) is 0 Å². The van der Waals surface area contributed by atoms with Gasteiger partial charge >= 0.3 is 0 Å². The molecule has 0 saturated carbocycles. The van der Waals surface area contributed by atoms with Crippen LogP contribution in [0.1, 0.15) is 20.4 Å². The summed E-state index contributed by atoms with van der Waals surface area (Å²) in [5.41, 5.74) is 1.96. The minimum atomic E-state index is 0.143. The minimum absolute atomic E-state index is 0.143. The van der Waals surface area contributed by atoms with Crippen LogP contribution in [-0.4, -0.2) is 15.3 Å². The molecule has 0 atom stereocenters. The lowest BCUT2D eigenvalue weighted by Gasteiger charge is -2.04. The van der Waals surface area contributed by atoms with Crippen molar-refractivity contribution in [2.75, 3.05) is 0 Å². The SMILES string of the molecule is Cc1ccc(C(=O)Cn2c(C)nc3ccccc32)s1. The Morgan fingerprint density at radius 2 is 2.00 bits per heavy atom. The monoisotopic (exact) mass is 270 g/mol. The quantitative estimate of drug-likeness (QED) is 0.682. The fourth-order valence-corrected chi connectivity index (χ4v) is 3.00. The smallest absolute Gasteiger partial charge is 0.192 e. The Kier molecular flexibility index (Phi) is 2.95. The van der Waals surface area contributed by atoms with E-state index in [9.17, 15) is 4.79 Å². The summed E-state index contributed by atoms with van der Waals surface area (Å²) in [4.78, 5) is 18.7. The summed E-state index contributed by atoms with van der Waals surface area (Å²) < 4.78 is 1.98. The van der Waals surface area contributed by atoms with Gasteiger partial charge in [0.1, 0.15) is 5.82 Å². The van der Waals surface area contributed by atoms with Gasteiger partial charge in [-0.3, -0.25) is 4.79 Å². The van der Waals surface area contributed by atoms with E-state index in [0.717, 1.165) is 26.6 Å². The van der Waals surface area contributed by atoms with Crippen LogP contribution in [0.4, 0.5) is 0 Å². The molecule has 0 bridgehead atoms. The molecule has 96 valence electrons. The Hall–Kier alpha value is -1.94. The molecular formula is C15H14N2OS. The first-order valence-electron chi connectivity index (χ1n) is 6.16. The maximum Gasteiger partial charge on any atom is 0.192 e. The summed E-state index contributed by atoms with van der Waals surface area (Å²) >= 11 is 1.55. The predicted octanol–water partition coefficient (Wildman–Crippen LogP) is 3.60. The molecule has 0 N–H and O–H groups in total. The summed E-state index contributed by atoms with van der Waals surface area (Å²) in [6.07, 6.45) is 0. The summed E-state index contributed by atoms with van der Waals surface area (Å²) in [6, 6.07) is 11.8. The van der Waals surface area contributed by atoms with E-state index in [1.165, 1.54) is 0 Å². The van der Waals surface area contributed by atoms with Crippen LogP contribution >= 0.6 is 11.3 Å². The highest BCUT2D eigenvalue weighted by molar-refractivity contribution is 7.14. The van der Waals surface area contributed by atoms with Crippen molar-refractivity contribution in [2.24, 2.45) is 0 Å². The molecule has 3 nitrogen and oxygen atoms in total. The Morgan fingerprint density at radius 3 is 2.74 bits per heavy atom. The van der Waals surface area contributed by atoms with Crippen molar-refractivity contribution in [3.8, 4) is 0 Å². The van der Waals surface area contributed by atoms with Gasteiger partial charge in [0.25, 0.3) is 0 Å². The lowest BCUT2D eigenvalue weighted by Crippen LogP contribution is -2.10. The third-order valence-corrected chi connectivity index (χ3v) is 4.20. The highest BCUT2D eigenvalue weighted by atomic mass is 32.1. The molecule has 3 aromatic rings. The van der Waals surface area contributed by atoms with Crippen LogP contribution < -0.4 is 0 Å². The largest absolute Gasteiger partial charge is 0.320 e. The van der Waals surface area contributed by atoms with Gasteiger partial charge in [0.05, 0.1) is 22.5 Å². The Labute approximate surface area is 115 Å². The van der Waals surface area contributed by atoms with Crippen molar-refractivity contribution in [1.82, 2.24) is 9.55 Å². The maximum atomic E-state index is 12.3. The number of aryl methyl sites for hydroxylation is 2. The Bertz CT molecular complexity index is 754. The number of nitrogens with zero attached hydrogens (tertiary/aromatic N) is 2. The average molecular weight is 270 g/mol. The van der Waals surface area contributed by atoms with E-state index in [-0.39, 0.29) is 5.78 Å². The van der Waals surface area contributed by atoms with Gasteiger partial charge in [0, 0.05) is 4.88 Å². The van der Waals surface area contributed by atoms with Gasteiger partial charge < -0.3 is 4.57 Å². The van der Waals surface area contributed by atoms with Crippen LogP contribution in [0.25, 0.3) is 11.0 Å². The number of hydrogen-bond acceptors (Lipinski definition) is 3. The van der Waals surface area contributed by atoms with Gasteiger partial charge in [-0.2, -0.15) is 0 Å². The van der Waals surface area contributed by atoms with E-state index < -0.39 is 0 Å². The number of carbonyl (C=O) groups is 1. The molecular weight excluding hydrogens is 256 g/mol.